The maximum absolute atomic E-state index is 4.95. The third-order valence-electron chi connectivity index (χ3n) is 28.2. The summed E-state index contributed by atoms with van der Waals surface area (Å²) in [4.78, 5) is 0. The van der Waals surface area contributed by atoms with Gasteiger partial charge in [-0.05, 0) is 404 Å². The van der Waals surface area contributed by atoms with Crippen molar-refractivity contribution in [3.63, 3.8) is 0 Å². The number of thiol groups is 3. The van der Waals surface area contributed by atoms with Crippen molar-refractivity contribution in [2.45, 2.75) is 471 Å². The highest BCUT2D eigenvalue weighted by atomic mass is 32.2. The number of unbranched alkanes of at least 4 members (excludes halogenated alkanes) is 4. The minimum absolute atomic E-state index is 0.440. The monoisotopic (exact) mass is 1700 g/mol. The maximum Gasteiger partial charge on any atom is 0.0502 e. The molecule has 16 atom stereocenters. The molecular formula is C106H200S7. The molecule has 0 bridgehead atoms. The summed E-state index contributed by atoms with van der Waals surface area (Å²) in [5, 5.41) is 0. The Morgan fingerprint density at radius 3 is 0.743 bits per heavy atom. The Morgan fingerprint density at radius 1 is 0.248 bits per heavy atom. The van der Waals surface area contributed by atoms with Crippen LogP contribution in [0.15, 0.2) is 0 Å². The number of thioether (sulfide) groups is 4. The molecule has 0 aliphatic heterocycles. The van der Waals surface area contributed by atoms with Crippen LogP contribution in [0.5, 0.6) is 0 Å². The molecule has 113 heavy (non-hydrogen) atoms. The Hall–Kier alpha value is 1.57. The molecule has 0 heterocycles. The summed E-state index contributed by atoms with van der Waals surface area (Å²) in [7, 11) is 0. The molecule has 0 aromatic heterocycles. The third kappa shape index (κ3) is 55.5. The fourth-order valence-electron chi connectivity index (χ4n) is 20.6. The van der Waals surface area contributed by atoms with Crippen LogP contribution in [0.1, 0.15) is 462 Å². The Labute approximate surface area is 746 Å². The minimum atomic E-state index is 0.440. The van der Waals surface area contributed by atoms with Gasteiger partial charge in [0.15, 0.2) is 0 Å². The van der Waals surface area contributed by atoms with Gasteiger partial charge in [-0.25, -0.2) is 0 Å². The first-order valence-electron chi connectivity index (χ1n) is 48.9. The molecule has 7 heteroatoms. The summed E-state index contributed by atoms with van der Waals surface area (Å²) in [5.41, 5.74) is 3.60. The molecular weight excluding hydrogens is 1500 g/mol. The molecule has 5 aliphatic carbocycles. The van der Waals surface area contributed by atoms with E-state index in [-0.39, 0.29) is 0 Å². The molecule has 5 aliphatic rings. The van der Waals surface area contributed by atoms with Crippen molar-refractivity contribution in [1.29, 1.82) is 0 Å². The summed E-state index contributed by atoms with van der Waals surface area (Å²) < 4.78 is 1.55. The van der Waals surface area contributed by atoms with Gasteiger partial charge in [-0.3, -0.25) is 0 Å². The van der Waals surface area contributed by atoms with Gasteiger partial charge in [-0.15, -0.1) is 71.7 Å². The average Bonchev–Trinajstić information content (AvgIpc) is 0.870. The highest BCUT2D eigenvalue weighted by molar-refractivity contribution is 8.17. The topological polar surface area (TPSA) is 0 Å². The first-order valence-corrected chi connectivity index (χ1v) is 55.0. The van der Waals surface area contributed by atoms with Crippen molar-refractivity contribution in [3.8, 4) is 24.7 Å². The molecule has 0 nitrogen and oxygen atoms in total. The molecule has 0 aromatic rings. The van der Waals surface area contributed by atoms with E-state index in [0.29, 0.717) is 43.3 Å². The zero-order chi connectivity index (χ0) is 84.5. The lowest BCUT2D eigenvalue weighted by atomic mass is 9.67. The molecule has 16 unspecified atom stereocenters. The Balaban J connectivity index is 0.00000129. The predicted molar refractivity (Wildman–Crippen MR) is 537 cm³/mol. The van der Waals surface area contributed by atoms with Crippen LogP contribution >= 0.6 is 84.9 Å². The van der Waals surface area contributed by atoms with Gasteiger partial charge in [-0.1, -0.05) is 218 Å². The second-order valence-electron chi connectivity index (χ2n) is 48.7. The van der Waals surface area contributed by atoms with E-state index in [1.54, 1.807) is 0 Å². The van der Waals surface area contributed by atoms with Gasteiger partial charge in [0, 0.05) is 12.8 Å². The van der Waals surface area contributed by atoms with Crippen LogP contribution in [0, 0.1) is 157 Å². The fraction of sp³-hybridized carbons (Fsp3) is 0.962. The summed E-state index contributed by atoms with van der Waals surface area (Å²) in [6.45, 7) is 59.6. The van der Waals surface area contributed by atoms with Crippen LogP contribution in [0.4, 0.5) is 0 Å². The Morgan fingerprint density at radius 2 is 0.460 bits per heavy atom. The van der Waals surface area contributed by atoms with Gasteiger partial charge in [0.05, 0.1) is 9.16 Å². The number of hydrogen-bond acceptors (Lipinski definition) is 7. The molecule has 0 radical (unpaired) electrons. The smallest absolute Gasteiger partial charge is 0.0502 e. The molecule has 0 aromatic carbocycles. The van der Waals surface area contributed by atoms with Crippen LogP contribution in [0.25, 0.3) is 0 Å². The van der Waals surface area contributed by atoms with Gasteiger partial charge in [0.1, 0.15) is 0 Å². The number of terminal acetylenes is 2. The van der Waals surface area contributed by atoms with Crippen LogP contribution in [-0.4, -0.2) is 49.4 Å². The molecule has 0 amide bonds. The summed E-state index contributed by atoms with van der Waals surface area (Å²) in [5.74, 6) is 27.9. The van der Waals surface area contributed by atoms with E-state index in [2.05, 4.69) is 263 Å². The lowest BCUT2D eigenvalue weighted by Gasteiger charge is -2.39. The second-order valence-corrected chi connectivity index (χ2v) is 55.9. The van der Waals surface area contributed by atoms with Crippen LogP contribution in [0.3, 0.4) is 0 Å². The highest BCUT2D eigenvalue weighted by Crippen LogP contribution is 2.50. The van der Waals surface area contributed by atoms with Gasteiger partial charge in [-0.2, -0.15) is 37.9 Å². The lowest BCUT2D eigenvalue weighted by Crippen LogP contribution is -2.28. The van der Waals surface area contributed by atoms with E-state index in [0.717, 1.165) is 134 Å². The van der Waals surface area contributed by atoms with Crippen LogP contribution in [0.2, 0.25) is 0 Å². The van der Waals surface area contributed by atoms with Crippen molar-refractivity contribution in [2.24, 2.45) is 132 Å². The van der Waals surface area contributed by atoms with Crippen LogP contribution < -0.4 is 0 Å². The zero-order valence-corrected chi connectivity index (χ0v) is 86.4. The molecule has 666 valence electrons. The van der Waals surface area contributed by atoms with Gasteiger partial charge < -0.3 is 0 Å². The number of rotatable bonds is 46. The van der Waals surface area contributed by atoms with Crippen molar-refractivity contribution < 1.29 is 0 Å². The average molecular weight is 1700 g/mol. The fourth-order valence-corrected chi connectivity index (χ4v) is 27.7. The summed E-state index contributed by atoms with van der Waals surface area (Å²) in [6, 6.07) is 0. The van der Waals surface area contributed by atoms with E-state index < -0.39 is 0 Å². The molecule has 0 saturated heterocycles. The molecule has 5 saturated carbocycles. The quantitative estimate of drug-likeness (QED) is 0.0240. The summed E-state index contributed by atoms with van der Waals surface area (Å²) >= 11 is 22.9. The molecule has 0 N–H and O–H groups in total. The van der Waals surface area contributed by atoms with Gasteiger partial charge >= 0.3 is 0 Å². The highest BCUT2D eigenvalue weighted by Gasteiger charge is 2.38. The SMILES string of the molecule is C#CCCCC#C.CC(C)(C)CCC1CCC(CCC(C)(C)C)C(CCSC(CCCCCC(SCCC2CCC(CCC(C)(C)C)CC2CCC(C)(C)C)SCCC2CCC(CCC(C)(C)C)CC2CCC(C)(C)C)SCCC2CCC(CCC(C)(C)C)C(CCC(C)(C)C)C2)C1.SCCC1CCC(CCS)C(CCS)C1. The van der Waals surface area contributed by atoms with Gasteiger partial charge in [0.2, 0.25) is 0 Å². The lowest BCUT2D eigenvalue weighted by molar-refractivity contribution is 0.131. The molecule has 5 rings (SSSR count). The second kappa shape index (κ2) is 56.5. The van der Waals surface area contributed by atoms with Crippen molar-refractivity contribution in [3.05, 3.63) is 0 Å². The zero-order valence-electron chi connectivity index (χ0n) is 80.4. The first-order chi connectivity index (χ1) is 52.8. The minimum Gasteiger partial charge on any atom is -0.179 e. The van der Waals surface area contributed by atoms with E-state index in [4.69, 9.17) is 12.8 Å². The van der Waals surface area contributed by atoms with E-state index in [9.17, 15) is 0 Å². The van der Waals surface area contributed by atoms with Crippen molar-refractivity contribution in [1.82, 2.24) is 0 Å². The first kappa shape index (κ1) is 109. The van der Waals surface area contributed by atoms with E-state index >= 15 is 0 Å². The standard InChI is InChI=1S/C87H168S4.C12H24S3.C7H8/c1-80(2,3)50-38-66-31-36-72(75(62-66)44-56-86(19,20)21)47-59-89-79(90-60-48-73-37-32-67(39-51-81(4,5)6)63-76(73)45-57-87(22,23)24)29-27-25-26-28-78(88-58-46-69-33-35-70(41-53-83(10,11)12)74(65-69)43-55-85(16,17)18)91-61-49-77-64-68(40-52-82(7,8)9)30-34-71(77)42-54-84(13,14)15;13-6-3-10-1-2-11(4-7-14)12(9-10)5-8-15;1-3-5-7-6-4-2/h66-79H,25-65H2,1-24H3;10-15H,1-9H2;1-2H,5-7H2. The largest absolute Gasteiger partial charge is 0.179 e. The third-order valence-corrected chi connectivity index (χ3v) is 35.0. The van der Waals surface area contributed by atoms with Crippen LogP contribution in [-0.2, 0) is 0 Å². The normalized spacial score (nSPS) is 27.1. The summed E-state index contributed by atoms with van der Waals surface area (Å²) in [6.07, 6.45) is 74.6. The number of hydrogen-bond donors (Lipinski definition) is 3. The predicted octanol–water partition coefficient (Wildman–Crippen LogP) is 36.2. The molecule has 0 spiro atoms. The maximum atomic E-state index is 4.95. The van der Waals surface area contributed by atoms with E-state index in [1.807, 2.05) is 0 Å². The van der Waals surface area contributed by atoms with Crippen molar-refractivity contribution >= 4 is 84.9 Å². The molecule has 5 fully saturated rings. The van der Waals surface area contributed by atoms with E-state index in [1.165, 1.54) is 299 Å². The van der Waals surface area contributed by atoms with Crippen molar-refractivity contribution in [2.75, 3.05) is 40.3 Å². The van der Waals surface area contributed by atoms with Gasteiger partial charge in [0.25, 0.3) is 0 Å². The Kier molecular flexibility index (Phi) is 54.4. The Bertz CT molecular complexity index is 2350.